The topological polar surface area (TPSA) is 123 Å². The van der Waals surface area contributed by atoms with Crippen molar-refractivity contribution in [3.05, 3.63) is 66.7 Å². The zero-order valence-corrected chi connectivity index (χ0v) is 18.6. The van der Waals surface area contributed by atoms with Gasteiger partial charge in [0.05, 0.1) is 17.7 Å². The van der Waals surface area contributed by atoms with Gasteiger partial charge in [0.1, 0.15) is 17.6 Å². The number of methoxy groups -OCH3 is 1. The van der Waals surface area contributed by atoms with E-state index in [0.717, 1.165) is 0 Å². The SMILES string of the molecule is COc1ccc(NS(=O)(=O)c2ccc(O)c(NC(=O)C3Oc4ccccc4OC3C)c2)cc1. The van der Waals surface area contributed by atoms with E-state index in [1.165, 1.54) is 25.3 Å². The van der Waals surface area contributed by atoms with Crippen molar-refractivity contribution in [1.82, 2.24) is 0 Å². The first-order valence-electron chi connectivity index (χ1n) is 10.00. The quantitative estimate of drug-likeness (QED) is 0.472. The number of nitrogens with one attached hydrogen (secondary N) is 2. The summed E-state index contributed by atoms with van der Waals surface area (Å²) in [6.07, 6.45) is -1.61. The van der Waals surface area contributed by atoms with Gasteiger partial charge in [-0.1, -0.05) is 12.1 Å². The lowest BCUT2D eigenvalue weighted by Crippen LogP contribution is -2.46. The Bertz CT molecular complexity index is 1280. The van der Waals surface area contributed by atoms with Gasteiger partial charge >= 0.3 is 0 Å². The summed E-state index contributed by atoms with van der Waals surface area (Å²) in [5, 5.41) is 12.7. The minimum Gasteiger partial charge on any atom is -0.506 e. The summed E-state index contributed by atoms with van der Waals surface area (Å²) in [7, 11) is -2.48. The Labute approximate surface area is 191 Å². The third-order valence-corrected chi connectivity index (χ3v) is 6.36. The highest BCUT2D eigenvalue weighted by atomic mass is 32.2. The normalized spacial score (nSPS) is 17.2. The number of aromatic hydroxyl groups is 1. The predicted molar refractivity (Wildman–Crippen MR) is 121 cm³/mol. The molecule has 3 N–H and O–H groups in total. The van der Waals surface area contributed by atoms with Crippen LogP contribution in [0.3, 0.4) is 0 Å². The first kappa shape index (κ1) is 22.3. The van der Waals surface area contributed by atoms with E-state index in [2.05, 4.69) is 10.0 Å². The van der Waals surface area contributed by atoms with Crippen molar-refractivity contribution in [3.8, 4) is 23.0 Å². The van der Waals surface area contributed by atoms with Crippen molar-refractivity contribution in [2.45, 2.75) is 24.0 Å². The third kappa shape index (κ3) is 4.80. The van der Waals surface area contributed by atoms with Crippen LogP contribution in [-0.4, -0.2) is 38.7 Å². The lowest BCUT2D eigenvalue weighted by Gasteiger charge is -2.31. The zero-order chi connectivity index (χ0) is 23.6. The highest BCUT2D eigenvalue weighted by Crippen LogP contribution is 2.34. The molecule has 1 heterocycles. The van der Waals surface area contributed by atoms with E-state index in [-0.39, 0.29) is 16.3 Å². The Kier molecular flexibility index (Phi) is 6.01. The van der Waals surface area contributed by atoms with Crippen LogP contribution in [0.25, 0.3) is 0 Å². The smallest absolute Gasteiger partial charge is 0.269 e. The summed E-state index contributed by atoms with van der Waals surface area (Å²) in [5.74, 6) is 0.634. The summed E-state index contributed by atoms with van der Waals surface area (Å²) in [4.78, 5) is 12.7. The lowest BCUT2D eigenvalue weighted by atomic mass is 10.1. The molecule has 172 valence electrons. The van der Waals surface area contributed by atoms with Crippen LogP contribution in [0.15, 0.2) is 71.6 Å². The molecule has 1 aliphatic heterocycles. The summed E-state index contributed by atoms with van der Waals surface area (Å²) in [6, 6.07) is 16.9. The molecule has 0 saturated heterocycles. The Hall–Kier alpha value is -3.92. The van der Waals surface area contributed by atoms with Gasteiger partial charge in [-0.05, 0) is 61.5 Å². The van der Waals surface area contributed by atoms with Gasteiger partial charge in [0.25, 0.3) is 15.9 Å². The van der Waals surface area contributed by atoms with Gasteiger partial charge in [0, 0.05) is 5.69 Å². The van der Waals surface area contributed by atoms with Crippen molar-refractivity contribution in [2.75, 3.05) is 17.1 Å². The number of hydrogen-bond acceptors (Lipinski definition) is 7. The van der Waals surface area contributed by atoms with Crippen LogP contribution in [0.5, 0.6) is 23.0 Å². The summed E-state index contributed by atoms with van der Waals surface area (Å²) in [5.41, 5.74) is 0.252. The monoisotopic (exact) mass is 470 g/mol. The van der Waals surface area contributed by atoms with Crippen molar-refractivity contribution < 1.29 is 32.5 Å². The molecule has 0 bridgehead atoms. The number of ether oxygens (including phenoxy) is 3. The van der Waals surface area contributed by atoms with Crippen LogP contribution in [0.1, 0.15) is 6.92 Å². The van der Waals surface area contributed by atoms with E-state index in [9.17, 15) is 18.3 Å². The summed E-state index contributed by atoms with van der Waals surface area (Å²) >= 11 is 0. The first-order valence-corrected chi connectivity index (χ1v) is 11.5. The standard InChI is InChI=1S/C23H22N2O7S/c1-14-22(32-21-6-4-3-5-20(21)31-14)23(27)24-18-13-17(11-12-19(18)26)33(28,29)25-15-7-9-16(30-2)10-8-15/h3-14,22,25-26H,1-2H3,(H,24,27). The predicted octanol–water partition coefficient (Wildman–Crippen LogP) is 3.37. The third-order valence-electron chi connectivity index (χ3n) is 4.98. The number of sulfonamides is 1. The lowest BCUT2D eigenvalue weighted by molar-refractivity contribution is -0.128. The van der Waals surface area contributed by atoms with Gasteiger partial charge in [0.2, 0.25) is 6.10 Å². The van der Waals surface area contributed by atoms with Crippen LogP contribution in [-0.2, 0) is 14.8 Å². The molecule has 0 saturated carbocycles. The first-order chi connectivity index (χ1) is 15.8. The number of hydrogen-bond donors (Lipinski definition) is 3. The van der Waals surface area contributed by atoms with E-state index in [1.807, 2.05) is 0 Å². The van der Waals surface area contributed by atoms with Crippen LogP contribution >= 0.6 is 0 Å². The average molecular weight is 471 g/mol. The molecule has 0 radical (unpaired) electrons. The molecule has 2 unspecified atom stereocenters. The number of fused-ring (bicyclic) bond motifs is 1. The van der Waals surface area contributed by atoms with E-state index in [0.29, 0.717) is 22.9 Å². The van der Waals surface area contributed by atoms with Crippen molar-refractivity contribution in [1.29, 1.82) is 0 Å². The van der Waals surface area contributed by atoms with Crippen molar-refractivity contribution in [3.63, 3.8) is 0 Å². The fourth-order valence-corrected chi connectivity index (χ4v) is 4.35. The van der Waals surface area contributed by atoms with Crippen LogP contribution in [0.4, 0.5) is 11.4 Å². The van der Waals surface area contributed by atoms with Crippen LogP contribution in [0.2, 0.25) is 0 Å². The Morgan fingerprint density at radius 2 is 1.67 bits per heavy atom. The fraction of sp³-hybridized carbons (Fsp3) is 0.174. The fourth-order valence-electron chi connectivity index (χ4n) is 3.27. The molecule has 10 heteroatoms. The number of para-hydroxylation sites is 2. The molecule has 1 aliphatic rings. The summed E-state index contributed by atoms with van der Waals surface area (Å²) in [6.45, 7) is 1.68. The molecular weight excluding hydrogens is 448 g/mol. The van der Waals surface area contributed by atoms with E-state index in [4.69, 9.17) is 14.2 Å². The van der Waals surface area contributed by atoms with Gasteiger partial charge in [0.15, 0.2) is 11.5 Å². The van der Waals surface area contributed by atoms with Crippen LogP contribution < -0.4 is 24.2 Å². The number of rotatable bonds is 6. The molecule has 33 heavy (non-hydrogen) atoms. The molecule has 9 nitrogen and oxygen atoms in total. The molecule has 0 aliphatic carbocycles. The number of anilines is 2. The molecule has 1 amide bonds. The maximum absolute atomic E-state index is 12.8. The average Bonchev–Trinajstić information content (AvgIpc) is 2.80. The van der Waals surface area contributed by atoms with E-state index < -0.39 is 28.1 Å². The molecule has 0 aromatic heterocycles. The maximum atomic E-state index is 12.8. The van der Waals surface area contributed by atoms with Gasteiger partial charge in [-0.2, -0.15) is 0 Å². The van der Waals surface area contributed by atoms with Gasteiger partial charge in [-0.15, -0.1) is 0 Å². The molecule has 0 fully saturated rings. The Morgan fingerprint density at radius 1 is 1.00 bits per heavy atom. The Morgan fingerprint density at radius 3 is 2.33 bits per heavy atom. The minimum atomic E-state index is -3.99. The molecule has 3 aromatic carbocycles. The molecular formula is C23H22N2O7S. The van der Waals surface area contributed by atoms with Gasteiger partial charge < -0.3 is 24.6 Å². The highest BCUT2D eigenvalue weighted by molar-refractivity contribution is 7.92. The number of phenolic OH excluding ortho intramolecular Hbond substituents is 1. The number of benzene rings is 3. The van der Waals surface area contributed by atoms with E-state index >= 15 is 0 Å². The zero-order valence-electron chi connectivity index (χ0n) is 17.8. The van der Waals surface area contributed by atoms with Crippen molar-refractivity contribution in [2.24, 2.45) is 0 Å². The minimum absolute atomic E-state index is 0.0766. The second-order valence-corrected chi connectivity index (χ2v) is 8.99. The second-order valence-electron chi connectivity index (χ2n) is 7.31. The molecule has 4 rings (SSSR count). The number of carbonyl (C=O) groups is 1. The van der Waals surface area contributed by atoms with Gasteiger partial charge in [-0.3, -0.25) is 9.52 Å². The molecule has 2 atom stereocenters. The number of phenols is 1. The van der Waals surface area contributed by atoms with Crippen LogP contribution in [0, 0.1) is 0 Å². The summed E-state index contributed by atoms with van der Waals surface area (Å²) < 4.78 is 44.6. The van der Waals surface area contributed by atoms with Crippen molar-refractivity contribution >= 4 is 27.3 Å². The second kappa shape index (κ2) is 8.91. The highest BCUT2D eigenvalue weighted by Gasteiger charge is 2.34. The molecule has 3 aromatic rings. The number of amides is 1. The number of carbonyl (C=O) groups excluding carboxylic acids is 1. The maximum Gasteiger partial charge on any atom is 0.269 e. The van der Waals surface area contributed by atoms with Gasteiger partial charge in [-0.25, -0.2) is 8.42 Å². The van der Waals surface area contributed by atoms with E-state index in [1.54, 1.807) is 55.5 Å². The molecule has 0 spiro atoms. The Balaban J connectivity index is 1.52. The largest absolute Gasteiger partial charge is 0.506 e.